The van der Waals surface area contributed by atoms with Gasteiger partial charge in [-0.3, -0.25) is 4.68 Å². The Bertz CT molecular complexity index is 503. The van der Waals surface area contributed by atoms with Crippen molar-refractivity contribution in [3.8, 4) is 0 Å². The molecule has 0 aliphatic carbocycles. The molecular weight excluding hydrogens is 256 g/mol. The van der Waals surface area contributed by atoms with Crippen molar-refractivity contribution in [3.63, 3.8) is 0 Å². The van der Waals surface area contributed by atoms with Gasteiger partial charge in [0, 0.05) is 28.8 Å². The lowest BCUT2D eigenvalue weighted by molar-refractivity contribution is 0.502. The molecule has 19 heavy (non-hydrogen) atoms. The SMILES string of the molecule is CCCNC(Cc1ncnn1CC)c1ccc(C)s1. The molecule has 0 saturated carbocycles. The second-order valence-corrected chi connectivity index (χ2v) is 5.97. The van der Waals surface area contributed by atoms with E-state index in [0.29, 0.717) is 6.04 Å². The largest absolute Gasteiger partial charge is 0.309 e. The van der Waals surface area contributed by atoms with Gasteiger partial charge in [-0.05, 0) is 38.9 Å². The third-order valence-electron chi connectivity index (χ3n) is 3.13. The molecule has 0 radical (unpaired) electrons. The Labute approximate surface area is 118 Å². The molecule has 104 valence electrons. The molecule has 2 aromatic rings. The van der Waals surface area contributed by atoms with E-state index in [1.807, 2.05) is 16.0 Å². The normalized spacial score (nSPS) is 12.8. The van der Waals surface area contributed by atoms with Crippen LogP contribution in [-0.2, 0) is 13.0 Å². The highest BCUT2D eigenvalue weighted by Crippen LogP contribution is 2.25. The third kappa shape index (κ3) is 3.64. The van der Waals surface area contributed by atoms with E-state index in [0.717, 1.165) is 31.8 Å². The number of thiophene rings is 1. The molecule has 1 atom stereocenters. The number of hydrogen-bond donors (Lipinski definition) is 1. The van der Waals surface area contributed by atoms with Gasteiger partial charge in [0.05, 0.1) is 0 Å². The van der Waals surface area contributed by atoms with E-state index in [2.05, 4.69) is 48.3 Å². The van der Waals surface area contributed by atoms with Gasteiger partial charge < -0.3 is 5.32 Å². The maximum Gasteiger partial charge on any atom is 0.138 e. The Hall–Kier alpha value is -1.20. The number of aryl methyl sites for hydroxylation is 2. The van der Waals surface area contributed by atoms with Crippen molar-refractivity contribution in [1.29, 1.82) is 0 Å². The van der Waals surface area contributed by atoms with Crippen LogP contribution in [0.3, 0.4) is 0 Å². The average Bonchev–Trinajstić information content (AvgIpc) is 3.02. The minimum Gasteiger partial charge on any atom is -0.309 e. The first kappa shape index (κ1) is 14.2. The Balaban J connectivity index is 2.14. The Morgan fingerprint density at radius 1 is 1.37 bits per heavy atom. The Kier molecular flexibility index (Phi) is 5.10. The van der Waals surface area contributed by atoms with E-state index < -0.39 is 0 Å². The van der Waals surface area contributed by atoms with Crippen LogP contribution < -0.4 is 5.32 Å². The van der Waals surface area contributed by atoms with E-state index in [-0.39, 0.29) is 0 Å². The van der Waals surface area contributed by atoms with Crippen LogP contribution in [0, 0.1) is 6.92 Å². The third-order valence-corrected chi connectivity index (χ3v) is 4.24. The van der Waals surface area contributed by atoms with Crippen LogP contribution in [0.2, 0.25) is 0 Å². The van der Waals surface area contributed by atoms with Crippen LogP contribution in [0.1, 0.15) is 41.9 Å². The first-order valence-electron chi connectivity index (χ1n) is 6.91. The molecule has 0 bridgehead atoms. The van der Waals surface area contributed by atoms with Gasteiger partial charge in [0.15, 0.2) is 0 Å². The lowest BCUT2D eigenvalue weighted by atomic mass is 10.1. The zero-order chi connectivity index (χ0) is 13.7. The number of aromatic nitrogens is 3. The second kappa shape index (κ2) is 6.82. The van der Waals surface area contributed by atoms with E-state index >= 15 is 0 Å². The fourth-order valence-corrected chi connectivity index (χ4v) is 3.08. The van der Waals surface area contributed by atoms with Crippen molar-refractivity contribution in [3.05, 3.63) is 34.0 Å². The summed E-state index contributed by atoms with van der Waals surface area (Å²) in [5.74, 6) is 1.06. The lowest BCUT2D eigenvalue weighted by Gasteiger charge is -2.17. The molecule has 2 heterocycles. The molecule has 2 rings (SSSR count). The predicted molar refractivity (Wildman–Crippen MR) is 79.5 cm³/mol. The molecule has 4 nitrogen and oxygen atoms in total. The number of rotatable bonds is 7. The zero-order valence-corrected chi connectivity index (χ0v) is 12.7. The maximum atomic E-state index is 4.38. The summed E-state index contributed by atoms with van der Waals surface area (Å²) < 4.78 is 1.97. The standard InChI is InChI=1S/C14H22N4S/c1-4-8-15-12(13-7-6-11(3)19-13)9-14-16-10-17-18(14)5-2/h6-7,10,12,15H,4-5,8-9H2,1-3H3. The van der Waals surface area contributed by atoms with E-state index in [1.165, 1.54) is 9.75 Å². The molecule has 1 N–H and O–H groups in total. The summed E-state index contributed by atoms with van der Waals surface area (Å²) in [6, 6.07) is 4.75. The summed E-state index contributed by atoms with van der Waals surface area (Å²) in [6.45, 7) is 8.35. The summed E-state index contributed by atoms with van der Waals surface area (Å²) in [5.41, 5.74) is 0. The van der Waals surface area contributed by atoms with E-state index in [4.69, 9.17) is 0 Å². The molecule has 1 unspecified atom stereocenters. The van der Waals surface area contributed by atoms with Crippen LogP contribution in [-0.4, -0.2) is 21.3 Å². The van der Waals surface area contributed by atoms with Gasteiger partial charge in [-0.25, -0.2) is 4.98 Å². The number of hydrogen-bond acceptors (Lipinski definition) is 4. The van der Waals surface area contributed by atoms with E-state index in [9.17, 15) is 0 Å². The van der Waals surface area contributed by atoms with Crippen molar-refractivity contribution in [2.75, 3.05) is 6.54 Å². The number of nitrogens with one attached hydrogen (secondary N) is 1. The van der Waals surface area contributed by atoms with Crippen LogP contribution in [0.25, 0.3) is 0 Å². The lowest BCUT2D eigenvalue weighted by Crippen LogP contribution is -2.24. The molecule has 0 aliphatic rings. The fraction of sp³-hybridized carbons (Fsp3) is 0.571. The Morgan fingerprint density at radius 2 is 2.21 bits per heavy atom. The van der Waals surface area contributed by atoms with Gasteiger partial charge in [0.1, 0.15) is 12.2 Å². The highest BCUT2D eigenvalue weighted by Gasteiger charge is 2.16. The topological polar surface area (TPSA) is 42.7 Å². The molecule has 0 spiro atoms. The molecule has 5 heteroatoms. The minimum atomic E-state index is 0.341. The van der Waals surface area contributed by atoms with Gasteiger partial charge in [-0.15, -0.1) is 11.3 Å². The quantitative estimate of drug-likeness (QED) is 0.846. The first-order chi connectivity index (χ1) is 9.24. The molecule has 0 saturated heterocycles. The van der Waals surface area contributed by atoms with Crippen LogP contribution in [0.4, 0.5) is 0 Å². The molecule has 0 aliphatic heterocycles. The van der Waals surface area contributed by atoms with Gasteiger partial charge in [0.2, 0.25) is 0 Å². The van der Waals surface area contributed by atoms with Gasteiger partial charge in [0.25, 0.3) is 0 Å². The van der Waals surface area contributed by atoms with Crippen molar-refractivity contribution in [1.82, 2.24) is 20.1 Å². The molecule has 0 fully saturated rings. The second-order valence-electron chi connectivity index (χ2n) is 4.65. The van der Waals surface area contributed by atoms with Crippen molar-refractivity contribution < 1.29 is 0 Å². The molecule has 0 amide bonds. The van der Waals surface area contributed by atoms with Crippen molar-refractivity contribution >= 4 is 11.3 Å². The molecule has 2 aromatic heterocycles. The van der Waals surface area contributed by atoms with E-state index in [1.54, 1.807) is 6.33 Å². The highest BCUT2D eigenvalue weighted by molar-refractivity contribution is 7.12. The van der Waals surface area contributed by atoms with Crippen LogP contribution >= 0.6 is 11.3 Å². The summed E-state index contributed by atoms with van der Waals surface area (Å²) in [7, 11) is 0. The summed E-state index contributed by atoms with van der Waals surface area (Å²) in [5, 5.41) is 7.87. The van der Waals surface area contributed by atoms with Gasteiger partial charge in [-0.1, -0.05) is 6.92 Å². The summed E-state index contributed by atoms with van der Waals surface area (Å²) in [6.07, 6.45) is 3.69. The highest BCUT2D eigenvalue weighted by atomic mass is 32.1. The van der Waals surface area contributed by atoms with Crippen molar-refractivity contribution in [2.24, 2.45) is 0 Å². The zero-order valence-electron chi connectivity index (χ0n) is 11.9. The summed E-state index contributed by atoms with van der Waals surface area (Å²) in [4.78, 5) is 7.13. The fourth-order valence-electron chi connectivity index (χ4n) is 2.13. The van der Waals surface area contributed by atoms with Crippen molar-refractivity contribution in [2.45, 2.75) is 46.2 Å². The molecule has 0 aromatic carbocycles. The van der Waals surface area contributed by atoms with Crippen LogP contribution in [0.15, 0.2) is 18.5 Å². The van der Waals surface area contributed by atoms with Gasteiger partial charge in [-0.2, -0.15) is 5.10 Å². The minimum absolute atomic E-state index is 0.341. The summed E-state index contributed by atoms with van der Waals surface area (Å²) >= 11 is 1.86. The molecular formula is C14H22N4S. The van der Waals surface area contributed by atoms with Gasteiger partial charge >= 0.3 is 0 Å². The van der Waals surface area contributed by atoms with Crippen LogP contribution in [0.5, 0.6) is 0 Å². The number of nitrogens with zero attached hydrogens (tertiary/aromatic N) is 3. The average molecular weight is 278 g/mol. The monoisotopic (exact) mass is 278 g/mol. The predicted octanol–water partition coefficient (Wildman–Crippen LogP) is 2.95. The smallest absolute Gasteiger partial charge is 0.138 e. The maximum absolute atomic E-state index is 4.38. The Morgan fingerprint density at radius 3 is 2.84 bits per heavy atom. The first-order valence-corrected chi connectivity index (χ1v) is 7.72.